The van der Waals surface area contributed by atoms with Crippen LogP contribution >= 0.6 is 0 Å². The van der Waals surface area contributed by atoms with E-state index in [4.69, 9.17) is 23.7 Å². The minimum atomic E-state index is -2.52. The van der Waals surface area contributed by atoms with E-state index in [1.807, 2.05) is 38.1 Å². The van der Waals surface area contributed by atoms with Gasteiger partial charge in [0.1, 0.15) is 24.0 Å². The lowest BCUT2D eigenvalue weighted by Gasteiger charge is -2.47. The van der Waals surface area contributed by atoms with E-state index in [9.17, 15) is 34.5 Å². The second-order valence-electron chi connectivity index (χ2n) is 19.0. The molecule has 14 heteroatoms. The summed E-state index contributed by atoms with van der Waals surface area (Å²) >= 11 is 0. The van der Waals surface area contributed by atoms with Crippen LogP contribution in [0.3, 0.4) is 0 Å². The van der Waals surface area contributed by atoms with Crippen LogP contribution in [0.4, 0.5) is 0 Å². The second-order valence-corrected chi connectivity index (χ2v) is 19.0. The normalized spacial score (nSPS) is 38.2. The van der Waals surface area contributed by atoms with Gasteiger partial charge in [-0.25, -0.2) is 4.79 Å². The van der Waals surface area contributed by atoms with E-state index in [1.54, 1.807) is 33.4 Å². The van der Waals surface area contributed by atoms with Crippen LogP contribution in [0.5, 0.6) is 0 Å². The van der Waals surface area contributed by atoms with Crippen molar-refractivity contribution in [2.45, 2.75) is 173 Å². The number of allylic oxidation sites excluding steroid dienone is 3. The van der Waals surface area contributed by atoms with Gasteiger partial charge in [0.2, 0.25) is 5.79 Å². The number of amides is 1. The van der Waals surface area contributed by atoms with Crippen molar-refractivity contribution in [2.24, 2.45) is 29.6 Å². The number of Topliss-reactive ketones (excluding diaryl/α,β-unsaturated/α-hetero) is 2. The largest absolute Gasteiger partial charge is 0.456 e. The number of ether oxygens (including phenoxy) is 5. The van der Waals surface area contributed by atoms with Crippen LogP contribution in [0.15, 0.2) is 47.8 Å². The number of ketones is 2. The molecule has 0 aromatic carbocycles. The summed E-state index contributed by atoms with van der Waals surface area (Å²) in [6, 6.07) is 2.78. The van der Waals surface area contributed by atoms with Crippen molar-refractivity contribution in [2.75, 3.05) is 27.9 Å². The zero-order chi connectivity index (χ0) is 46.0. The molecular formula is C49H74N2O12. The third-order valence-corrected chi connectivity index (χ3v) is 14.2. The fraction of sp³-hybridized carbons (Fsp3) is 0.735. The van der Waals surface area contributed by atoms with Gasteiger partial charge in [0.15, 0.2) is 0 Å². The summed E-state index contributed by atoms with van der Waals surface area (Å²) in [6.45, 7) is 9.36. The maximum atomic E-state index is 14.5. The summed E-state index contributed by atoms with van der Waals surface area (Å²) in [4.78, 5) is 62.8. The van der Waals surface area contributed by atoms with Gasteiger partial charge in [-0.05, 0) is 126 Å². The van der Waals surface area contributed by atoms with Gasteiger partial charge < -0.3 is 43.9 Å². The maximum Gasteiger partial charge on any atom is 0.329 e. The van der Waals surface area contributed by atoms with Crippen LogP contribution < -0.4 is 0 Å². The lowest BCUT2D eigenvalue weighted by molar-refractivity contribution is -0.302. The zero-order valence-electron chi connectivity index (χ0n) is 38.8. The third kappa shape index (κ3) is 12.7. The van der Waals surface area contributed by atoms with Crippen LogP contribution in [0.25, 0.3) is 0 Å². The highest BCUT2D eigenvalue weighted by Crippen LogP contribution is 2.39. The molecule has 0 spiro atoms. The highest BCUT2D eigenvalue weighted by Gasteiger charge is 2.56. The number of aryl methyl sites for hydroxylation is 1. The average Bonchev–Trinajstić information content (AvgIpc) is 3.27. The molecule has 14 atom stereocenters. The number of nitrogens with zero attached hydrogens (tertiary/aromatic N) is 2. The molecule has 4 aliphatic rings. The van der Waals surface area contributed by atoms with Crippen molar-refractivity contribution in [3.63, 3.8) is 0 Å². The lowest BCUT2D eigenvalue weighted by atomic mass is 9.81. The van der Waals surface area contributed by atoms with Crippen LogP contribution in [0, 0.1) is 29.6 Å². The summed E-state index contributed by atoms with van der Waals surface area (Å²) in [6.07, 6.45) is 8.48. The Morgan fingerprint density at radius 3 is 2.27 bits per heavy atom. The number of carbonyl (C=O) groups excluding carboxylic acids is 4. The number of aliphatic hydroxyl groups is 3. The van der Waals surface area contributed by atoms with Gasteiger partial charge in [-0.3, -0.25) is 19.4 Å². The molecule has 63 heavy (non-hydrogen) atoms. The molecule has 0 radical (unpaired) electrons. The highest BCUT2D eigenvalue weighted by molar-refractivity contribution is 6.39. The second kappa shape index (κ2) is 23.2. The van der Waals surface area contributed by atoms with E-state index in [-0.39, 0.29) is 49.5 Å². The molecule has 4 heterocycles. The molecule has 1 amide bonds. The predicted molar refractivity (Wildman–Crippen MR) is 235 cm³/mol. The summed E-state index contributed by atoms with van der Waals surface area (Å²) in [5, 5.41) is 34.6. The van der Waals surface area contributed by atoms with Crippen LogP contribution in [-0.2, 0) is 49.3 Å². The first-order valence-electron chi connectivity index (χ1n) is 23.2. The first-order chi connectivity index (χ1) is 30.0. The van der Waals surface area contributed by atoms with Crippen LogP contribution in [-0.4, -0.2) is 131 Å². The van der Waals surface area contributed by atoms with E-state index in [2.05, 4.69) is 11.9 Å². The number of aliphatic hydroxyl groups excluding tert-OH is 2. The fourth-order valence-electron chi connectivity index (χ4n) is 10.4. The van der Waals surface area contributed by atoms with Gasteiger partial charge in [-0.15, -0.1) is 0 Å². The van der Waals surface area contributed by atoms with E-state index < -0.39 is 83.9 Å². The minimum absolute atomic E-state index is 0.00348. The molecule has 2 saturated heterocycles. The third-order valence-electron chi connectivity index (χ3n) is 14.2. The number of aromatic nitrogens is 1. The molecule has 1 aliphatic carbocycles. The first-order valence-corrected chi connectivity index (χ1v) is 23.2. The Kier molecular flexibility index (Phi) is 18.6. The Hall–Kier alpha value is -3.37. The maximum absolute atomic E-state index is 14.5. The smallest absolute Gasteiger partial charge is 0.329 e. The van der Waals surface area contributed by atoms with Crippen LogP contribution in [0.1, 0.15) is 117 Å². The van der Waals surface area contributed by atoms with Gasteiger partial charge in [0, 0.05) is 64.4 Å². The molecule has 1 aromatic rings. The summed E-state index contributed by atoms with van der Waals surface area (Å²) in [5.74, 6) is -7.69. The van der Waals surface area contributed by atoms with E-state index in [0.29, 0.717) is 56.9 Å². The summed E-state index contributed by atoms with van der Waals surface area (Å²) in [5.41, 5.74) is 2.76. The van der Waals surface area contributed by atoms with Gasteiger partial charge in [0.05, 0.1) is 30.5 Å². The standard InChI is InChI=1S/C49H74N2O12/c1-29-22-30(2)24-42(60-7)45-43(61-8)26-32(4)49(58,63-45)46(55)47(56)51-21-10-9-14-37(51)48(57)62-44(31(3)25-35-15-16-38(52)41(27-35)59-6)33(5)39(53)28-40(54)36(23-29)13-11-12-34-17-19-50-20-18-34/h17-20,23,25,30,32-33,35-39,41-45,52-53,58H,9-16,21-22,24,26-28H2,1-8H3/b29-23+,31-25+/t30-,32+,33+,35-,36+,37-,38+,39-,41+,42-,43-,44+,45+,49+/m0/s1. The number of rotatable bonds is 9. The Morgan fingerprint density at radius 1 is 0.905 bits per heavy atom. The quantitative estimate of drug-likeness (QED) is 0.161. The van der Waals surface area contributed by atoms with E-state index in [1.165, 1.54) is 19.1 Å². The molecule has 14 nitrogen and oxygen atoms in total. The number of piperidine rings is 1. The topological polar surface area (TPSA) is 191 Å². The van der Waals surface area contributed by atoms with Crippen molar-refractivity contribution in [1.82, 2.24) is 9.88 Å². The summed E-state index contributed by atoms with van der Waals surface area (Å²) in [7, 11) is 4.64. The number of methoxy groups -OCH3 is 3. The molecule has 2 bridgehead atoms. The van der Waals surface area contributed by atoms with Crippen molar-refractivity contribution in [1.29, 1.82) is 0 Å². The Morgan fingerprint density at radius 2 is 1.59 bits per heavy atom. The van der Waals surface area contributed by atoms with Crippen LogP contribution in [0.2, 0.25) is 0 Å². The predicted octanol–water partition coefficient (Wildman–Crippen LogP) is 5.48. The Balaban J connectivity index is 1.54. The number of esters is 1. The highest BCUT2D eigenvalue weighted by atomic mass is 16.7. The number of pyridine rings is 1. The first kappa shape index (κ1) is 50.6. The van der Waals surface area contributed by atoms with Crippen molar-refractivity contribution < 1.29 is 58.2 Å². The number of carbonyl (C=O) groups is 4. The molecule has 352 valence electrons. The van der Waals surface area contributed by atoms with Gasteiger partial charge in [0.25, 0.3) is 11.7 Å². The SMILES string of the molecule is CO[C@H]1C[C@@H](C)C/C(C)=C/[C@@H](CCCc2ccncc2)C(=O)C[C@H](O)[C@@H](C)[C@@H](/C(C)=C/[C@@H]2CC[C@@H](O)[C@H](OC)C2)OC(=O)[C@@H]2CCCCN2C(=O)C(=O)[C@]2(O)O[C@H]1[C@@H](OC)C[C@H]2C. The fourth-order valence-corrected chi connectivity index (χ4v) is 10.4. The Labute approximate surface area is 374 Å². The van der Waals surface area contributed by atoms with Gasteiger partial charge in [-0.2, -0.15) is 0 Å². The van der Waals surface area contributed by atoms with Crippen molar-refractivity contribution in [3.8, 4) is 0 Å². The number of fused-ring (bicyclic) bond motifs is 3. The molecule has 3 N–H and O–H groups in total. The molecule has 1 saturated carbocycles. The molecule has 1 aromatic heterocycles. The molecule has 3 fully saturated rings. The molecule has 5 rings (SSSR count). The van der Waals surface area contributed by atoms with Gasteiger partial charge in [-0.1, -0.05) is 38.5 Å². The molecular weight excluding hydrogens is 809 g/mol. The van der Waals surface area contributed by atoms with Gasteiger partial charge >= 0.3 is 5.97 Å². The monoisotopic (exact) mass is 883 g/mol. The van der Waals surface area contributed by atoms with E-state index >= 15 is 0 Å². The molecule has 0 unspecified atom stereocenters. The number of hydrogen-bond donors (Lipinski definition) is 3. The average molecular weight is 883 g/mol. The van der Waals surface area contributed by atoms with E-state index in [0.717, 1.165) is 24.0 Å². The number of hydrogen-bond acceptors (Lipinski definition) is 13. The lowest BCUT2D eigenvalue weighted by Crippen LogP contribution is -2.64. The zero-order valence-corrected chi connectivity index (χ0v) is 38.8. The minimum Gasteiger partial charge on any atom is -0.456 e. The van der Waals surface area contributed by atoms with Crippen molar-refractivity contribution >= 4 is 23.4 Å². The van der Waals surface area contributed by atoms with Crippen molar-refractivity contribution in [3.05, 3.63) is 53.4 Å². The Bertz CT molecular complexity index is 1750. The molecule has 3 aliphatic heterocycles. The number of cyclic esters (lactones) is 1. The summed E-state index contributed by atoms with van der Waals surface area (Å²) < 4.78 is 30.0.